The molecule has 0 spiro atoms. The Morgan fingerprint density at radius 3 is 2.56 bits per heavy atom. The Kier molecular flexibility index (Phi) is 2.72. The van der Waals surface area contributed by atoms with Crippen molar-refractivity contribution in [2.24, 2.45) is 0 Å². The lowest BCUT2D eigenvalue weighted by Gasteiger charge is -1.98. The summed E-state index contributed by atoms with van der Waals surface area (Å²) < 4.78 is 0. The molecule has 1 aromatic carbocycles. The highest BCUT2D eigenvalue weighted by molar-refractivity contribution is 5.88. The summed E-state index contributed by atoms with van der Waals surface area (Å²) in [6.07, 6.45) is 2.61. The summed E-state index contributed by atoms with van der Waals surface area (Å²) in [5, 5.41) is 8.77. The zero-order valence-corrected chi connectivity index (χ0v) is 8.90. The quantitative estimate of drug-likeness (QED) is 0.827. The van der Waals surface area contributed by atoms with Gasteiger partial charge in [0.2, 0.25) is 0 Å². The van der Waals surface area contributed by atoms with E-state index in [1.807, 2.05) is 6.92 Å². The van der Waals surface area contributed by atoms with E-state index in [4.69, 9.17) is 5.11 Å². The number of carboxylic acids is 1. The van der Waals surface area contributed by atoms with Crippen molar-refractivity contribution in [2.45, 2.75) is 13.3 Å². The predicted molar refractivity (Wildman–Crippen MR) is 60.4 cm³/mol. The van der Waals surface area contributed by atoms with Crippen LogP contribution in [0.3, 0.4) is 0 Å². The smallest absolute Gasteiger partial charge is 0.335 e. The van der Waals surface area contributed by atoms with Crippen LogP contribution in [0.5, 0.6) is 0 Å². The van der Waals surface area contributed by atoms with Crippen molar-refractivity contribution < 1.29 is 9.90 Å². The fourth-order valence-corrected chi connectivity index (χ4v) is 1.48. The number of aromatic amines is 1. The van der Waals surface area contributed by atoms with Crippen LogP contribution >= 0.6 is 0 Å². The maximum Gasteiger partial charge on any atom is 0.335 e. The lowest BCUT2D eigenvalue weighted by molar-refractivity contribution is 0.0697. The molecule has 0 saturated carbocycles. The molecule has 1 aromatic heterocycles. The SMILES string of the molecule is CCc1ncc(-c2ccc(C(=O)O)cc2)[nH]1. The number of aryl methyl sites for hydroxylation is 1. The van der Waals surface area contributed by atoms with Gasteiger partial charge in [-0.05, 0) is 17.7 Å². The minimum absolute atomic E-state index is 0.291. The standard InChI is InChI=1S/C12H12N2O2/c1-2-11-13-7-10(14-11)8-3-5-9(6-4-8)12(15)16/h3-7H,2H2,1H3,(H,13,14)(H,15,16). The number of hydrogen-bond acceptors (Lipinski definition) is 2. The van der Waals surface area contributed by atoms with E-state index in [-0.39, 0.29) is 0 Å². The van der Waals surface area contributed by atoms with Gasteiger partial charge in [-0.2, -0.15) is 0 Å². The minimum atomic E-state index is -0.912. The molecule has 0 fully saturated rings. The van der Waals surface area contributed by atoms with Crippen molar-refractivity contribution >= 4 is 5.97 Å². The monoisotopic (exact) mass is 216 g/mol. The number of benzene rings is 1. The van der Waals surface area contributed by atoms with Crippen molar-refractivity contribution in [3.63, 3.8) is 0 Å². The molecule has 2 aromatic rings. The summed E-state index contributed by atoms with van der Waals surface area (Å²) in [4.78, 5) is 18.0. The summed E-state index contributed by atoms with van der Waals surface area (Å²) in [5.74, 6) is 0.0164. The van der Waals surface area contributed by atoms with E-state index < -0.39 is 5.97 Å². The number of carboxylic acid groups (broad SMARTS) is 1. The molecule has 0 unspecified atom stereocenters. The molecule has 0 saturated heterocycles. The highest BCUT2D eigenvalue weighted by Crippen LogP contribution is 2.17. The van der Waals surface area contributed by atoms with Gasteiger partial charge in [-0.1, -0.05) is 19.1 Å². The number of rotatable bonds is 3. The molecule has 0 amide bonds. The molecular weight excluding hydrogens is 204 g/mol. The molecule has 0 aliphatic heterocycles. The van der Waals surface area contributed by atoms with Gasteiger partial charge in [0.05, 0.1) is 17.5 Å². The first-order valence-corrected chi connectivity index (χ1v) is 5.08. The summed E-state index contributed by atoms with van der Waals surface area (Å²) in [6.45, 7) is 2.02. The molecule has 2 N–H and O–H groups in total. The van der Waals surface area contributed by atoms with Gasteiger partial charge in [-0.3, -0.25) is 0 Å². The third-order valence-electron chi connectivity index (χ3n) is 2.41. The van der Waals surface area contributed by atoms with Gasteiger partial charge in [0.1, 0.15) is 5.82 Å². The van der Waals surface area contributed by atoms with Gasteiger partial charge < -0.3 is 10.1 Å². The van der Waals surface area contributed by atoms with Crippen molar-refractivity contribution in [1.82, 2.24) is 9.97 Å². The number of nitrogens with zero attached hydrogens (tertiary/aromatic N) is 1. The highest BCUT2D eigenvalue weighted by atomic mass is 16.4. The molecule has 0 aliphatic carbocycles. The molecule has 0 atom stereocenters. The Labute approximate surface area is 93.0 Å². The Morgan fingerprint density at radius 1 is 1.38 bits per heavy atom. The number of hydrogen-bond donors (Lipinski definition) is 2. The lowest BCUT2D eigenvalue weighted by atomic mass is 10.1. The number of imidazole rings is 1. The Balaban J connectivity index is 2.30. The van der Waals surface area contributed by atoms with Crippen LogP contribution in [0.15, 0.2) is 30.5 Å². The molecule has 0 radical (unpaired) electrons. The average Bonchev–Trinajstić information content (AvgIpc) is 2.77. The van der Waals surface area contributed by atoms with Crippen LogP contribution in [-0.2, 0) is 6.42 Å². The fourth-order valence-electron chi connectivity index (χ4n) is 1.48. The number of aromatic nitrogens is 2. The first-order valence-electron chi connectivity index (χ1n) is 5.08. The van der Waals surface area contributed by atoms with Gasteiger partial charge in [-0.15, -0.1) is 0 Å². The van der Waals surface area contributed by atoms with Crippen LogP contribution in [0.1, 0.15) is 23.1 Å². The molecule has 4 heteroatoms. The van der Waals surface area contributed by atoms with Crippen molar-refractivity contribution in [2.75, 3.05) is 0 Å². The van der Waals surface area contributed by atoms with Crippen LogP contribution in [0.2, 0.25) is 0 Å². The zero-order valence-electron chi connectivity index (χ0n) is 8.90. The van der Waals surface area contributed by atoms with Gasteiger partial charge in [0.15, 0.2) is 0 Å². The van der Waals surface area contributed by atoms with Crippen LogP contribution < -0.4 is 0 Å². The normalized spacial score (nSPS) is 10.3. The maximum absolute atomic E-state index is 10.7. The van der Waals surface area contributed by atoms with Crippen LogP contribution in [-0.4, -0.2) is 21.0 Å². The minimum Gasteiger partial charge on any atom is -0.478 e. The first kappa shape index (κ1) is 10.4. The van der Waals surface area contributed by atoms with Crippen molar-refractivity contribution in [3.05, 3.63) is 41.9 Å². The lowest BCUT2D eigenvalue weighted by Crippen LogP contribution is -1.94. The highest BCUT2D eigenvalue weighted by Gasteiger charge is 2.04. The second-order valence-electron chi connectivity index (χ2n) is 3.48. The maximum atomic E-state index is 10.7. The molecule has 0 aliphatic rings. The van der Waals surface area contributed by atoms with Crippen molar-refractivity contribution in [1.29, 1.82) is 0 Å². The van der Waals surface area contributed by atoms with Gasteiger partial charge in [0, 0.05) is 6.42 Å². The molecule has 82 valence electrons. The molecule has 0 bridgehead atoms. The largest absolute Gasteiger partial charge is 0.478 e. The number of aromatic carboxylic acids is 1. The third kappa shape index (κ3) is 1.95. The number of carbonyl (C=O) groups is 1. The van der Waals surface area contributed by atoms with Gasteiger partial charge in [0.25, 0.3) is 0 Å². The summed E-state index contributed by atoms with van der Waals surface area (Å²) in [6, 6.07) is 6.72. The van der Waals surface area contributed by atoms with E-state index >= 15 is 0 Å². The molecule has 4 nitrogen and oxygen atoms in total. The topological polar surface area (TPSA) is 66.0 Å². The fraction of sp³-hybridized carbons (Fsp3) is 0.167. The summed E-state index contributed by atoms with van der Waals surface area (Å²) >= 11 is 0. The zero-order chi connectivity index (χ0) is 11.5. The Bertz CT molecular complexity index is 500. The number of H-pyrrole nitrogens is 1. The van der Waals surface area contributed by atoms with E-state index in [1.165, 1.54) is 0 Å². The van der Waals surface area contributed by atoms with E-state index in [2.05, 4.69) is 9.97 Å². The van der Waals surface area contributed by atoms with E-state index in [0.717, 1.165) is 23.5 Å². The average molecular weight is 216 g/mol. The van der Waals surface area contributed by atoms with Crippen LogP contribution in [0, 0.1) is 0 Å². The second kappa shape index (κ2) is 4.18. The van der Waals surface area contributed by atoms with Gasteiger partial charge >= 0.3 is 5.97 Å². The molecule has 1 heterocycles. The Hall–Kier alpha value is -2.10. The van der Waals surface area contributed by atoms with Crippen LogP contribution in [0.25, 0.3) is 11.3 Å². The molecular formula is C12H12N2O2. The van der Waals surface area contributed by atoms with E-state index in [9.17, 15) is 4.79 Å². The van der Waals surface area contributed by atoms with Gasteiger partial charge in [-0.25, -0.2) is 9.78 Å². The first-order chi connectivity index (χ1) is 7.70. The van der Waals surface area contributed by atoms with E-state index in [1.54, 1.807) is 30.5 Å². The molecule has 2 rings (SSSR count). The number of nitrogens with one attached hydrogen (secondary N) is 1. The summed E-state index contributed by atoms with van der Waals surface area (Å²) in [7, 11) is 0. The van der Waals surface area contributed by atoms with Crippen molar-refractivity contribution in [3.8, 4) is 11.3 Å². The molecule has 16 heavy (non-hydrogen) atoms. The second-order valence-corrected chi connectivity index (χ2v) is 3.48. The third-order valence-corrected chi connectivity index (χ3v) is 2.41. The predicted octanol–water partition coefficient (Wildman–Crippen LogP) is 2.34. The summed E-state index contributed by atoms with van der Waals surface area (Å²) in [5.41, 5.74) is 2.14. The van der Waals surface area contributed by atoms with E-state index in [0.29, 0.717) is 5.56 Å². The Morgan fingerprint density at radius 2 is 2.06 bits per heavy atom. The van der Waals surface area contributed by atoms with Crippen LogP contribution in [0.4, 0.5) is 0 Å².